The van der Waals surface area contributed by atoms with Crippen LogP contribution in [0.4, 0.5) is 5.95 Å². The molecule has 0 unspecified atom stereocenters. The van der Waals surface area contributed by atoms with Crippen LogP contribution in [0.3, 0.4) is 0 Å². The largest absolute Gasteiger partial charge is 0.341 e. The number of hydrogen-bond donors (Lipinski definition) is 0. The molecule has 3 heterocycles. The first-order chi connectivity index (χ1) is 10.6. The van der Waals surface area contributed by atoms with Gasteiger partial charge in [-0.1, -0.05) is 0 Å². The molecule has 2 aromatic heterocycles. The molecule has 3 rings (SSSR count). The van der Waals surface area contributed by atoms with Gasteiger partial charge < -0.3 is 4.90 Å². The zero-order chi connectivity index (χ0) is 15.5. The molecule has 0 N–H and O–H groups in total. The third-order valence-electron chi connectivity index (χ3n) is 4.21. The molecule has 0 saturated carbocycles. The van der Waals surface area contributed by atoms with Crippen LogP contribution in [-0.2, 0) is 6.54 Å². The minimum atomic E-state index is 0.0689. The molecule has 1 saturated heterocycles. The smallest absolute Gasteiger partial charge is 0.256 e. The van der Waals surface area contributed by atoms with Crippen molar-refractivity contribution >= 4 is 5.95 Å². The van der Waals surface area contributed by atoms with E-state index in [1.165, 1.54) is 0 Å². The summed E-state index contributed by atoms with van der Waals surface area (Å²) in [7, 11) is 0. The number of nitrogens with zero attached hydrogens (tertiary/aromatic N) is 5. The molecule has 6 nitrogen and oxygen atoms in total. The molecule has 116 valence electrons. The van der Waals surface area contributed by atoms with Crippen LogP contribution < -0.4 is 10.5 Å². The molecule has 2 aromatic rings. The van der Waals surface area contributed by atoms with Gasteiger partial charge in [0.2, 0.25) is 5.95 Å². The lowest BCUT2D eigenvalue weighted by Crippen LogP contribution is -2.37. The normalized spacial score (nSPS) is 16.0. The van der Waals surface area contributed by atoms with E-state index in [1.54, 1.807) is 17.1 Å². The van der Waals surface area contributed by atoms with E-state index in [0.29, 0.717) is 11.5 Å². The summed E-state index contributed by atoms with van der Waals surface area (Å²) in [5.74, 6) is 1.31. The Bertz CT molecular complexity index is 704. The summed E-state index contributed by atoms with van der Waals surface area (Å²) in [6.45, 7) is 6.40. The highest BCUT2D eigenvalue weighted by Gasteiger charge is 2.21. The Labute approximate surface area is 129 Å². The first-order valence-electron chi connectivity index (χ1n) is 7.69. The van der Waals surface area contributed by atoms with Crippen LogP contribution in [0.15, 0.2) is 29.6 Å². The molecule has 0 spiro atoms. The fourth-order valence-corrected chi connectivity index (χ4v) is 2.87. The predicted octanol–water partition coefficient (Wildman–Crippen LogP) is 1.57. The highest BCUT2D eigenvalue weighted by atomic mass is 16.1. The van der Waals surface area contributed by atoms with Crippen molar-refractivity contribution in [1.29, 1.82) is 0 Å². The van der Waals surface area contributed by atoms with Crippen molar-refractivity contribution in [2.24, 2.45) is 5.92 Å². The molecular weight excluding hydrogens is 278 g/mol. The number of aromatic nitrogens is 4. The lowest BCUT2D eigenvalue weighted by Gasteiger charge is -2.32. The number of aryl methyl sites for hydroxylation is 2. The van der Waals surface area contributed by atoms with E-state index in [4.69, 9.17) is 0 Å². The second kappa shape index (κ2) is 6.25. The maximum absolute atomic E-state index is 12.1. The van der Waals surface area contributed by atoms with Gasteiger partial charge in [0.05, 0.1) is 6.33 Å². The Balaban J connectivity index is 1.62. The Morgan fingerprint density at radius 1 is 1.27 bits per heavy atom. The Morgan fingerprint density at radius 3 is 2.77 bits per heavy atom. The Morgan fingerprint density at radius 2 is 2.05 bits per heavy atom. The van der Waals surface area contributed by atoms with Crippen LogP contribution in [0, 0.1) is 19.8 Å². The summed E-state index contributed by atoms with van der Waals surface area (Å²) >= 11 is 0. The summed E-state index contributed by atoms with van der Waals surface area (Å²) in [5.41, 5.74) is 1.76. The summed E-state index contributed by atoms with van der Waals surface area (Å²) < 4.78 is 1.73. The lowest BCUT2D eigenvalue weighted by atomic mass is 9.97. The number of anilines is 1. The molecule has 6 heteroatoms. The molecule has 0 radical (unpaired) electrons. The molecule has 1 aliphatic heterocycles. The molecule has 0 aromatic carbocycles. The van der Waals surface area contributed by atoms with Crippen molar-refractivity contribution in [3.63, 3.8) is 0 Å². The highest BCUT2D eigenvalue weighted by molar-refractivity contribution is 5.30. The van der Waals surface area contributed by atoms with Crippen molar-refractivity contribution in [2.75, 3.05) is 18.0 Å². The second-order valence-corrected chi connectivity index (χ2v) is 5.96. The molecule has 1 fully saturated rings. The van der Waals surface area contributed by atoms with Crippen LogP contribution in [0.5, 0.6) is 0 Å². The van der Waals surface area contributed by atoms with Crippen molar-refractivity contribution < 1.29 is 0 Å². The van der Waals surface area contributed by atoms with E-state index in [1.807, 2.05) is 26.1 Å². The van der Waals surface area contributed by atoms with E-state index in [9.17, 15) is 4.79 Å². The van der Waals surface area contributed by atoms with Gasteiger partial charge >= 0.3 is 0 Å². The molecule has 0 bridgehead atoms. The maximum Gasteiger partial charge on any atom is 0.256 e. The Hall–Kier alpha value is -2.24. The monoisotopic (exact) mass is 299 g/mol. The first kappa shape index (κ1) is 14.7. The minimum absolute atomic E-state index is 0.0689. The quantitative estimate of drug-likeness (QED) is 0.860. The van der Waals surface area contributed by atoms with E-state index in [2.05, 4.69) is 19.9 Å². The zero-order valence-electron chi connectivity index (χ0n) is 13.1. The molecule has 0 atom stereocenters. The number of hydrogen-bond acceptors (Lipinski definition) is 5. The van der Waals surface area contributed by atoms with Crippen molar-refractivity contribution in [1.82, 2.24) is 19.5 Å². The van der Waals surface area contributed by atoms with Gasteiger partial charge in [0.1, 0.15) is 0 Å². The van der Waals surface area contributed by atoms with Gasteiger partial charge in [-0.2, -0.15) is 0 Å². The average Bonchev–Trinajstić information content (AvgIpc) is 2.53. The standard InChI is InChI=1S/C16H21N5O/c1-12-9-17-11-21(15(12)22)10-14-4-7-20(8-5-14)16-18-6-3-13(2)19-16/h3,6,9,11,14H,4-5,7-8,10H2,1-2H3. The van der Waals surface area contributed by atoms with E-state index in [0.717, 1.165) is 44.1 Å². The molecule has 0 amide bonds. The van der Waals surface area contributed by atoms with E-state index in [-0.39, 0.29) is 5.56 Å². The van der Waals surface area contributed by atoms with Gasteiger partial charge in [-0.15, -0.1) is 0 Å². The van der Waals surface area contributed by atoms with Crippen LogP contribution in [0.2, 0.25) is 0 Å². The minimum Gasteiger partial charge on any atom is -0.341 e. The SMILES string of the molecule is Cc1ccnc(N2CCC(Cn3cncc(C)c3=O)CC2)n1. The van der Waals surface area contributed by atoms with Crippen LogP contribution in [0.1, 0.15) is 24.1 Å². The van der Waals surface area contributed by atoms with Gasteiger partial charge in [-0.25, -0.2) is 15.0 Å². The number of rotatable bonds is 3. The van der Waals surface area contributed by atoms with Gasteiger partial charge in [0, 0.05) is 43.3 Å². The Kier molecular flexibility index (Phi) is 4.18. The van der Waals surface area contributed by atoms with Gasteiger partial charge in [-0.05, 0) is 38.7 Å². The van der Waals surface area contributed by atoms with Crippen LogP contribution >= 0.6 is 0 Å². The van der Waals surface area contributed by atoms with E-state index >= 15 is 0 Å². The molecule has 1 aliphatic rings. The van der Waals surface area contributed by atoms with Crippen LogP contribution in [-0.4, -0.2) is 32.6 Å². The molecular formula is C16H21N5O. The molecule has 0 aliphatic carbocycles. The van der Waals surface area contributed by atoms with Crippen LogP contribution in [0.25, 0.3) is 0 Å². The fourth-order valence-electron chi connectivity index (χ4n) is 2.87. The third kappa shape index (κ3) is 3.16. The highest BCUT2D eigenvalue weighted by Crippen LogP contribution is 2.21. The summed E-state index contributed by atoms with van der Waals surface area (Å²) in [6, 6.07) is 1.91. The van der Waals surface area contributed by atoms with Crippen molar-refractivity contribution in [2.45, 2.75) is 33.2 Å². The van der Waals surface area contributed by atoms with E-state index < -0.39 is 0 Å². The zero-order valence-corrected chi connectivity index (χ0v) is 13.1. The maximum atomic E-state index is 12.1. The first-order valence-corrected chi connectivity index (χ1v) is 7.69. The summed E-state index contributed by atoms with van der Waals surface area (Å²) in [5, 5.41) is 0. The van der Waals surface area contributed by atoms with Crippen molar-refractivity contribution in [3.05, 3.63) is 46.4 Å². The van der Waals surface area contributed by atoms with Crippen molar-refractivity contribution in [3.8, 4) is 0 Å². The average molecular weight is 299 g/mol. The van der Waals surface area contributed by atoms with Gasteiger partial charge in [-0.3, -0.25) is 9.36 Å². The summed E-state index contributed by atoms with van der Waals surface area (Å²) in [6.07, 6.45) is 7.15. The van der Waals surface area contributed by atoms with Gasteiger partial charge in [0.15, 0.2) is 0 Å². The topological polar surface area (TPSA) is 63.9 Å². The third-order valence-corrected chi connectivity index (χ3v) is 4.21. The molecule has 22 heavy (non-hydrogen) atoms. The predicted molar refractivity (Wildman–Crippen MR) is 84.9 cm³/mol. The number of piperidine rings is 1. The lowest BCUT2D eigenvalue weighted by molar-refractivity contribution is 0.348. The fraction of sp³-hybridized carbons (Fsp3) is 0.500. The van der Waals surface area contributed by atoms with Gasteiger partial charge in [0.25, 0.3) is 5.56 Å². The summed E-state index contributed by atoms with van der Waals surface area (Å²) in [4.78, 5) is 27.2. The second-order valence-electron chi connectivity index (χ2n) is 5.96.